The van der Waals surface area contributed by atoms with Crippen LogP contribution in [0.3, 0.4) is 0 Å². The predicted octanol–water partition coefficient (Wildman–Crippen LogP) is 3.84. The minimum Gasteiger partial charge on any atom is -0.493 e. The van der Waals surface area contributed by atoms with Crippen molar-refractivity contribution in [2.75, 3.05) is 20.0 Å². The van der Waals surface area contributed by atoms with Crippen LogP contribution >= 0.6 is 11.8 Å². The Bertz CT molecular complexity index is 1080. The van der Waals surface area contributed by atoms with E-state index in [0.29, 0.717) is 34.6 Å². The number of rotatable bonds is 9. The van der Waals surface area contributed by atoms with Gasteiger partial charge in [-0.2, -0.15) is 0 Å². The highest BCUT2D eigenvalue weighted by molar-refractivity contribution is 7.99. The number of carbonyl (C=O) groups excluding carboxylic acids is 1. The minimum atomic E-state index is -0.332. The van der Waals surface area contributed by atoms with Crippen LogP contribution in [0.15, 0.2) is 47.6 Å². The molecule has 2 aromatic carbocycles. The van der Waals surface area contributed by atoms with E-state index in [4.69, 9.17) is 9.47 Å². The van der Waals surface area contributed by atoms with Gasteiger partial charge >= 0.3 is 0 Å². The van der Waals surface area contributed by atoms with Crippen LogP contribution in [0, 0.1) is 5.82 Å². The average molecular weight is 443 g/mol. The summed E-state index contributed by atoms with van der Waals surface area (Å²) in [6.07, 6.45) is 2.00. The number of carbonyl (C=O) groups is 1. The van der Waals surface area contributed by atoms with E-state index in [1.54, 1.807) is 38.5 Å². The third kappa shape index (κ3) is 4.82. The lowest BCUT2D eigenvalue weighted by atomic mass is 10.2. The molecule has 7 nitrogen and oxygen atoms in total. The zero-order valence-corrected chi connectivity index (χ0v) is 18.1. The topological polar surface area (TPSA) is 78.3 Å². The summed E-state index contributed by atoms with van der Waals surface area (Å²) < 4.78 is 26.7. The van der Waals surface area contributed by atoms with Gasteiger partial charge in [0.2, 0.25) is 5.91 Å². The quantitative estimate of drug-likeness (QED) is 0.507. The normalized spacial score (nSPS) is 13.1. The maximum atomic E-state index is 14.3. The summed E-state index contributed by atoms with van der Waals surface area (Å²) in [6, 6.07) is 12.3. The summed E-state index contributed by atoms with van der Waals surface area (Å²) in [7, 11) is 3.15. The number of nitrogens with zero attached hydrogens (tertiary/aromatic N) is 3. The summed E-state index contributed by atoms with van der Waals surface area (Å²) in [5.41, 5.74) is 1.32. The maximum Gasteiger partial charge on any atom is 0.230 e. The molecule has 9 heteroatoms. The van der Waals surface area contributed by atoms with E-state index >= 15 is 0 Å². The van der Waals surface area contributed by atoms with Crippen molar-refractivity contribution in [3.8, 4) is 22.9 Å². The molecule has 0 unspecified atom stereocenters. The second-order valence-electron chi connectivity index (χ2n) is 7.14. The molecular formula is C22H23FN4O3S. The molecule has 1 aliphatic carbocycles. The van der Waals surface area contributed by atoms with E-state index in [1.165, 1.54) is 17.8 Å². The minimum absolute atomic E-state index is 0.127. The standard InChI is InChI=1S/C22H23FN4O3S/c1-29-18-10-7-14(11-19(18)30-2)12-24-20(28)13-31-22-26-25-21(27(22)15-8-9-15)16-5-3-4-6-17(16)23/h3-7,10-11,15H,8-9,12-13H2,1-2H3,(H,24,28). The molecule has 1 fully saturated rings. The molecule has 31 heavy (non-hydrogen) atoms. The number of ether oxygens (including phenoxy) is 2. The van der Waals surface area contributed by atoms with Gasteiger partial charge in [0.05, 0.1) is 25.5 Å². The number of thioether (sulfide) groups is 1. The fraction of sp³-hybridized carbons (Fsp3) is 0.318. The van der Waals surface area contributed by atoms with Crippen LogP contribution in [0.4, 0.5) is 4.39 Å². The van der Waals surface area contributed by atoms with Gasteiger partial charge in [0, 0.05) is 12.6 Å². The molecule has 1 saturated carbocycles. The molecule has 1 N–H and O–H groups in total. The second-order valence-corrected chi connectivity index (χ2v) is 8.08. The number of hydrogen-bond acceptors (Lipinski definition) is 6. The molecule has 1 aliphatic rings. The van der Waals surface area contributed by atoms with E-state index < -0.39 is 0 Å². The van der Waals surface area contributed by atoms with E-state index in [9.17, 15) is 9.18 Å². The lowest BCUT2D eigenvalue weighted by Crippen LogP contribution is -2.24. The predicted molar refractivity (Wildman–Crippen MR) is 116 cm³/mol. The van der Waals surface area contributed by atoms with Crippen LogP contribution < -0.4 is 14.8 Å². The summed E-state index contributed by atoms with van der Waals surface area (Å²) in [6.45, 7) is 0.371. The number of methoxy groups -OCH3 is 2. The Balaban J connectivity index is 1.39. The Labute approximate surface area is 184 Å². The zero-order valence-electron chi connectivity index (χ0n) is 17.3. The molecule has 3 aromatic rings. The number of nitrogens with one attached hydrogen (secondary N) is 1. The molecule has 0 spiro atoms. The summed E-state index contributed by atoms with van der Waals surface area (Å²) in [4.78, 5) is 12.4. The Kier molecular flexibility index (Phi) is 6.41. The van der Waals surface area contributed by atoms with Crippen molar-refractivity contribution in [2.24, 2.45) is 0 Å². The third-order valence-corrected chi connectivity index (χ3v) is 5.90. The number of hydrogen-bond donors (Lipinski definition) is 1. The smallest absolute Gasteiger partial charge is 0.230 e. The highest BCUT2D eigenvalue weighted by atomic mass is 32.2. The molecule has 1 amide bonds. The second kappa shape index (κ2) is 9.38. The molecule has 1 aromatic heterocycles. The fourth-order valence-electron chi connectivity index (χ4n) is 3.24. The Hall–Kier alpha value is -3.07. The van der Waals surface area contributed by atoms with Crippen molar-refractivity contribution < 1.29 is 18.7 Å². The lowest BCUT2D eigenvalue weighted by molar-refractivity contribution is -0.118. The number of halogens is 1. The van der Waals surface area contributed by atoms with Gasteiger partial charge < -0.3 is 14.8 Å². The van der Waals surface area contributed by atoms with Crippen molar-refractivity contribution >= 4 is 17.7 Å². The van der Waals surface area contributed by atoms with Crippen molar-refractivity contribution in [2.45, 2.75) is 30.6 Å². The highest BCUT2D eigenvalue weighted by Gasteiger charge is 2.31. The van der Waals surface area contributed by atoms with Crippen LogP contribution in [0.25, 0.3) is 11.4 Å². The van der Waals surface area contributed by atoms with Crippen LogP contribution in [-0.2, 0) is 11.3 Å². The van der Waals surface area contributed by atoms with Gasteiger partial charge in [0.15, 0.2) is 22.5 Å². The summed E-state index contributed by atoms with van der Waals surface area (Å²) in [5, 5.41) is 12.0. The number of aromatic nitrogens is 3. The first-order valence-electron chi connectivity index (χ1n) is 9.91. The summed E-state index contributed by atoms with van der Waals surface area (Å²) in [5.74, 6) is 1.49. The SMILES string of the molecule is COc1ccc(CNC(=O)CSc2nnc(-c3ccccc3F)n2C2CC2)cc1OC. The average Bonchev–Trinajstić information content (AvgIpc) is 3.55. The molecule has 0 radical (unpaired) electrons. The first-order chi connectivity index (χ1) is 15.1. The van der Waals surface area contributed by atoms with Gasteiger partial charge in [-0.05, 0) is 42.7 Å². The molecule has 0 bridgehead atoms. The van der Waals surface area contributed by atoms with Gasteiger partial charge in [0.1, 0.15) is 5.82 Å². The largest absolute Gasteiger partial charge is 0.493 e. The summed E-state index contributed by atoms with van der Waals surface area (Å²) >= 11 is 1.30. The highest BCUT2D eigenvalue weighted by Crippen LogP contribution is 2.41. The van der Waals surface area contributed by atoms with Crippen LogP contribution in [0.2, 0.25) is 0 Å². The van der Waals surface area contributed by atoms with Crippen molar-refractivity contribution in [1.29, 1.82) is 0 Å². The molecule has 0 atom stereocenters. The van der Waals surface area contributed by atoms with E-state index in [0.717, 1.165) is 18.4 Å². The maximum absolute atomic E-state index is 14.3. The monoisotopic (exact) mass is 442 g/mol. The lowest BCUT2D eigenvalue weighted by Gasteiger charge is -2.11. The van der Waals surface area contributed by atoms with Gasteiger partial charge in [-0.15, -0.1) is 10.2 Å². The van der Waals surface area contributed by atoms with Crippen molar-refractivity contribution in [1.82, 2.24) is 20.1 Å². The zero-order chi connectivity index (χ0) is 21.8. The fourth-order valence-corrected chi connectivity index (χ4v) is 4.07. The molecular weight excluding hydrogens is 419 g/mol. The van der Waals surface area contributed by atoms with Crippen LogP contribution in [-0.4, -0.2) is 40.6 Å². The van der Waals surface area contributed by atoms with E-state index in [1.807, 2.05) is 16.7 Å². The van der Waals surface area contributed by atoms with E-state index in [2.05, 4.69) is 15.5 Å². The molecule has 0 saturated heterocycles. The molecule has 1 heterocycles. The third-order valence-electron chi connectivity index (χ3n) is 4.96. The number of amides is 1. The number of benzene rings is 2. The first kappa shape index (κ1) is 21.2. The van der Waals surface area contributed by atoms with Gasteiger partial charge in [0.25, 0.3) is 0 Å². The van der Waals surface area contributed by atoms with Crippen LogP contribution in [0.5, 0.6) is 11.5 Å². The van der Waals surface area contributed by atoms with Crippen molar-refractivity contribution in [3.63, 3.8) is 0 Å². The first-order valence-corrected chi connectivity index (χ1v) is 10.9. The van der Waals surface area contributed by atoms with Crippen LogP contribution in [0.1, 0.15) is 24.4 Å². The molecule has 162 valence electrons. The van der Waals surface area contributed by atoms with Gasteiger partial charge in [-0.3, -0.25) is 9.36 Å². The Morgan fingerprint density at radius 2 is 1.94 bits per heavy atom. The molecule has 4 rings (SSSR count). The Morgan fingerprint density at radius 3 is 2.65 bits per heavy atom. The van der Waals surface area contributed by atoms with Gasteiger partial charge in [-0.1, -0.05) is 30.0 Å². The van der Waals surface area contributed by atoms with E-state index in [-0.39, 0.29) is 23.5 Å². The Morgan fingerprint density at radius 1 is 1.16 bits per heavy atom. The molecule has 0 aliphatic heterocycles. The van der Waals surface area contributed by atoms with Crippen molar-refractivity contribution in [3.05, 3.63) is 53.8 Å². The van der Waals surface area contributed by atoms with Gasteiger partial charge in [-0.25, -0.2) is 4.39 Å².